The summed E-state index contributed by atoms with van der Waals surface area (Å²) in [7, 11) is 0. The second-order valence-corrected chi connectivity index (χ2v) is 9.32. The normalized spacial score (nSPS) is 19.8. The Kier molecular flexibility index (Phi) is 7.50. The van der Waals surface area contributed by atoms with Crippen molar-refractivity contribution in [3.05, 3.63) is 64.7 Å². The molecule has 0 aromatic heterocycles. The van der Waals surface area contributed by atoms with Crippen LogP contribution in [0.3, 0.4) is 0 Å². The molecule has 0 bridgehead atoms. The maximum Gasteiger partial charge on any atom is 0.306 e. The molecule has 180 valence electrons. The number of rotatable bonds is 9. The molecule has 0 radical (unpaired) electrons. The molecule has 2 amide bonds. The lowest BCUT2D eigenvalue weighted by atomic mass is 9.87. The van der Waals surface area contributed by atoms with Gasteiger partial charge in [-0.3, -0.25) is 14.4 Å². The number of hydrogen-bond acceptors (Lipinski definition) is 4. The van der Waals surface area contributed by atoms with Crippen LogP contribution in [0, 0.1) is 12.8 Å². The van der Waals surface area contributed by atoms with E-state index in [-0.39, 0.29) is 23.8 Å². The van der Waals surface area contributed by atoms with Crippen LogP contribution >= 0.6 is 0 Å². The number of aryl methyl sites for hydroxylation is 1. The summed E-state index contributed by atoms with van der Waals surface area (Å²) in [6.07, 6.45) is 5.07. The second-order valence-electron chi connectivity index (χ2n) is 9.32. The van der Waals surface area contributed by atoms with Gasteiger partial charge in [-0.2, -0.15) is 0 Å². The van der Waals surface area contributed by atoms with Gasteiger partial charge in [0, 0.05) is 24.2 Å². The summed E-state index contributed by atoms with van der Waals surface area (Å²) in [6, 6.07) is 13.1. The molecule has 2 saturated carbocycles. The first-order chi connectivity index (χ1) is 16.4. The zero-order chi connectivity index (χ0) is 24.1. The Morgan fingerprint density at radius 3 is 2.26 bits per heavy atom. The van der Waals surface area contributed by atoms with Gasteiger partial charge in [0.25, 0.3) is 11.8 Å². The van der Waals surface area contributed by atoms with Crippen LogP contribution in [0.15, 0.2) is 42.5 Å². The van der Waals surface area contributed by atoms with E-state index in [1.165, 1.54) is 18.4 Å². The fraction of sp³-hybridized carbons (Fsp3) is 0.444. The van der Waals surface area contributed by atoms with Crippen LogP contribution in [0.1, 0.15) is 76.3 Å². The van der Waals surface area contributed by atoms with Crippen molar-refractivity contribution >= 4 is 17.8 Å². The van der Waals surface area contributed by atoms with E-state index in [1.54, 1.807) is 12.1 Å². The number of carbonyl (C=O) groups is 3. The van der Waals surface area contributed by atoms with Crippen molar-refractivity contribution in [3.8, 4) is 5.75 Å². The zero-order valence-electron chi connectivity index (χ0n) is 19.5. The summed E-state index contributed by atoms with van der Waals surface area (Å²) in [5.41, 5.74) is 3.23. The molecule has 2 fully saturated rings. The van der Waals surface area contributed by atoms with E-state index >= 15 is 0 Å². The maximum absolute atomic E-state index is 12.6. The highest BCUT2D eigenvalue weighted by Crippen LogP contribution is 2.40. The number of ether oxygens (including phenoxy) is 1. The van der Waals surface area contributed by atoms with Gasteiger partial charge in [-0.05, 0) is 92.8 Å². The van der Waals surface area contributed by atoms with Crippen molar-refractivity contribution in [1.29, 1.82) is 0 Å². The van der Waals surface area contributed by atoms with Gasteiger partial charge in [0.15, 0.2) is 0 Å². The third-order valence-corrected chi connectivity index (χ3v) is 6.66. The van der Waals surface area contributed by atoms with E-state index in [0.717, 1.165) is 18.4 Å². The van der Waals surface area contributed by atoms with E-state index in [0.29, 0.717) is 48.7 Å². The van der Waals surface area contributed by atoms with Gasteiger partial charge in [-0.1, -0.05) is 12.1 Å². The molecule has 0 spiro atoms. The minimum atomic E-state index is -0.730. The summed E-state index contributed by atoms with van der Waals surface area (Å²) < 4.78 is 6.02. The number of aliphatic carboxylic acids is 1. The minimum Gasteiger partial charge on any atom is -0.490 e. The Labute approximate surface area is 199 Å². The average Bonchev–Trinajstić information content (AvgIpc) is 3.68. The summed E-state index contributed by atoms with van der Waals surface area (Å²) in [5.74, 6) is -0.0484. The van der Waals surface area contributed by atoms with Crippen molar-refractivity contribution in [3.63, 3.8) is 0 Å². The van der Waals surface area contributed by atoms with E-state index < -0.39 is 5.97 Å². The van der Waals surface area contributed by atoms with Crippen LogP contribution in [-0.4, -0.2) is 42.1 Å². The molecule has 0 unspecified atom stereocenters. The molecule has 0 atom stereocenters. The van der Waals surface area contributed by atoms with Gasteiger partial charge >= 0.3 is 5.97 Å². The lowest BCUT2D eigenvalue weighted by Crippen LogP contribution is -2.35. The lowest BCUT2D eigenvalue weighted by Gasteiger charge is -2.27. The number of amides is 2. The monoisotopic (exact) mass is 464 g/mol. The molecule has 0 aliphatic heterocycles. The van der Waals surface area contributed by atoms with Crippen LogP contribution in [0.5, 0.6) is 5.75 Å². The molecule has 0 heterocycles. The van der Waals surface area contributed by atoms with Gasteiger partial charge in [-0.25, -0.2) is 0 Å². The average molecular weight is 465 g/mol. The third kappa shape index (κ3) is 6.16. The molecule has 2 aliphatic carbocycles. The van der Waals surface area contributed by atoms with Crippen molar-refractivity contribution < 1.29 is 24.2 Å². The van der Waals surface area contributed by atoms with Crippen molar-refractivity contribution in [1.82, 2.24) is 10.6 Å². The van der Waals surface area contributed by atoms with Gasteiger partial charge < -0.3 is 20.5 Å². The lowest BCUT2D eigenvalue weighted by molar-refractivity contribution is -0.143. The van der Waals surface area contributed by atoms with Crippen LogP contribution in [0.4, 0.5) is 0 Å². The standard InChI is InChI=1S/C27H32N2O5/c1-17-15-23(34-22-9-7-19(8-10-22)27(32)33)11-12-24(17)26(31)29-14-13-28-25(30)21-4-2-3-20(16-21)18-5-6-18/h2-4,11-12,15-16,18-19,22H,5-10,13-14H2,1H3,(H,28,30)(H,29,31)(H,32,33). The fourth-order valence-corrected chi connectivity index (χ4v) is 4.48. The van der Waals surface area contributed by atoms with E-state index in [9.17, 15) is 14.4 Å². The first-order valence-electron chi connectivity index (χ1n) is 12.1. The molecule has 3 N–H and O–H groups in total. The second kappa shape index (κ2) is 10.7. The van der Waals surface area contributed by atoms with Crippen LogP contribution in [-0.2, 0) is 4.79 Å². The Morgan fingerprint density at radius 1 is 0.912 bits per heavy atom. The molecule has 7 heteroatoms. The molecule has 4 rings (SSSR count). The van der Waals surface area contributed by atoms with Gasteiger partial charge in [0.1, 0.15) is 5.75 Å². The smallest absolute Gasteiger partial charge is 0.306 e. The summed E-state index contributed by atoms with van der Waals surface area (Å²) in [6.45, 7) is 2.53. The number of hydrogen-bond donors (Lipinski definition) is 3. The highest BCUT2D eigenvalue weighted by molar-refractivity contribution is 5.96. The van der Waals surface area contributed by atoms with Gasteiger partial charge in [0.05, 0.1) is 12.0 Å². The van der Waals surface area contributed by atoms with Crippen LogP contribution in [0.25, 0.3) is 0 Å². The van der Waals surface area contributed by atoms with Crippen molar-refractivity contribution in [2.45, 2.75) is 57.5 Å². The minimum absolute atomic E-state index is 0.00302. The maximum atomic E-state index is 12.6. The molecular weight excluding hydrogens is 432 g/mol. The van der Waals surface area contributed by atoms with E-state index in [4.69, 9.17) is 9.84 Å². The van der Waals surface area contributed by atoms with E-state index in [2.05, 4.69) is 16.7 Å². The zero-order valence-corrected chi connectivity index (χ0v) is 19.5. The van der Waals surface area contributed by atoms with Crippen LogP contribution < -0.4 is 15.4 Å². The third-order valence-electron chi connectivity index (χ3n) is 6.66. The number of carbonyl (C=O) groups excluding carboxylic acids is 2. The predicted molar refractivity (Wildman–Crippen MR) is 128 cm³/mol. The Morgan fingerprint density at radius 2 is 1.62 bits per heavy atom. The predicted octanol–water partition coefficient (Wildman–Crippen LogP) is 4.05. The van der Waals surface area contributed by atoms with Gasteiger partial charge in [-0.15, -0.1) is 0 Å². The first kappa shape index (κ1) is 23.8. The summed E-state index contributed by atoms with van der Waals surface area (Å²) in [5, 5.41) is 14.8. The van der Waals surface area contributed by atoms with Crippen molar-refractivity contribution in [2.24, 2.45) is 5.92 Å². The molecule has 2 aromatic carbocycles. The summed E-state index contributed by atoms with van der Waals surface area (Å²) in [4.78, 5) is 36.1. The van der Waals surface area contributed by atoms with Gasteiger partial charge in [0.2, 0.25) is 0 Å². The molecule has 7 nitrogen and oxygen atoms in total. The van der Waals surface area contributed by atoms with Crippen LogP contribution in [0.2, 0.25) is 0 Å². The topological polar surface area (TPSA) is 105 Å². The highest BCUT2D eigenvalue weighted by atomic mass is 16.5. The van der Waals surface area contributed by atoms with Crippen molar-refractivity contribution in [2.75, 3.05) is 13.1 Å². The van der Waals surface area contributed by atoms with E-state index in [1.807, 2.05) is 31.2 Å². The Hall–Kier alpha value is -3.35. The fourth-order valence-electron chi connectivity index (χ4n) is 4.48. The SMILES string of the molecule is Cc1cc(OC2CCC(C(=O)O)CC2)ccc1C(=O)NCCNC(=O)c1cccc(C2CC2)c1. The number of carboxylic acid groups (broad SMARTS) is 1. The number of nitrogens with one attached hydrogen (secondary N) is 2. The summed E-state index contributed by atoms with van der Waals surface area (Å²) >= 11 is 0. The molecule has 34 heavy (non-hydrogen) atoms. The number of benzene rings is 2. The molecular formula is C27H32N2O5. The largest absolute Gasteiger partial charge is 0.490 e. The Bertz CT molecular complexity index is 1050. The molecule has 2 aromatic rings. The first-order valence-corrected chi connectivity index (χ1v) is 12.1. The quantitative estimate of drug-likeness (QED) is 0.486. The number of carboxylic acids is 1. The molecule has 2 aliphatic rings. The highest BCUT2D eigenvalue weighted by Gasteiger charge is 2.27. The Balaban J connectivity index is 1.21. The molecule has 0 saturated heterocycles.